The maximum absolute atomic E-state index is 5.91. The molecule has 1 fully saturated rings. The van der Waals surface area contributed by atoms with Crippen LogP contribution in [0.2, 0.25) is 0 Å². The summed E-state index contributed by atoms with van der Waals surface area (Å²) in [6.07, 6.45) is 0. The second-order valence-electron chi connectivity index (χ2n) is 6.11. The van der Waals surface area contributed by atoms with Crippen LogP contribution in [0.1, 0.15) is 37.8 Å². The minimum absolute atomic E-state index is 0.575. The monoisotopic (exact) mass is 276 g/mol. The Balaban J connectivity index is 1.83. The van der Waals surface area contributed by atoms with Crippen LogP contribution in [-0.2, 0) is 0 Å². The van der Waals surface area contributed by atoms with Gasteiger partial charge in [-0.15, -0.1) is 0 Å². The standard InChI is InChI=1S/C17H28N2O/c1-13(2)17-6-5-16(11-14(17)3)20-10-9-19-8-7-18-12-15(19)4/h5-6,11,13,15,18H,7-10,12H2,1-4H3/t15-/m0/s1. The Bertz CT molecular complexity index is 431. The lowest BCUT2D eigenvalue weighted by Gasteiger charge is -2.33. The van der Waals surface area contributed by atoms with E-state index < -0.39 is 0 Å². The van der Waals surface area contributed by atoms with Crippen molar-refractivity contribution in [3.05, 3.63) is 29.3 Å². The number of ether oxygens (including phenoxy) is 1. The highest BCUT2D eigenvalue weighted by molar-refractivity contribution is 5.36. The summed E-state index contributed by atoms with van der Waals surface area (Å²) in [7, 11) is 0. The number of aryl methyl sites for hydroxylation is 1. The van der Waals surface area contributed by atoms with E-state index in [-0.39, 0.29) is 0 Å². The molecule has 1 saturated heterocycles. The Labute approximate surface area is 123 Å². The van der Waals surface area contributed by atoms with E-state index in [0.29, 0.717) is 12.0 Å². The number of piperazine rings is 1. The molecule has 1 N–H and O–H groups in total. The normalized spacial score (nSPS) is 20.4. The minimum Gasteiger partial charge on any atom is -0.492 e. The summed E-state index contributed by atoms with van der Waals surface area (Å²) in [5, 5.41) is 3.41. The fourth-order valence-electron chi connectivity index (χ4n) is 2.88. The van der Waals surface area contributed by atoms with Gasteiger partial charge in [-0.1, -0.05) is 19.9 Å². The Morgan fingerprint density at radius 1 is 1.40 bits per heavy atom. The average Bonchev–Trinajstić information content (AvgIpc) is 2.40. The predicted octanol–water partition coefficient (Wildman–Crippen LogP) is 2.79. The summed E-state index contributed by atoms with van der Waals surface area (Å²) in [5.74, 6) is 1.57. The molecule has 0 bridgehead atoms. The zero-order valence-corrected chi connectivity index (χ0v) is 13.3. The molecule has 3 heteroatoms. The van der Waals surface area contributed by atoms with Crippen molar-refractivity contribution < 1.29 is 4.74 Å². The van der Waals surface area contributed by atoms with Crippen molar-refractivity contribution in [1.29, 1.82) is 0 Å². The summed E-state index contributed by atoms with van der Waals surface area (Å²) in [4.78, 5) is 2.49. The van der Waals surface area contributed by atoms with Gasteiger partial charge in [0.1, 0.15) is 12.4 Å². The van der Waals surface area contributed by atoms with Gasteiger partial charge >= 0.3 is 0 Å². The van der Waals surface area contributed by atoms with Gasteiger partial charge in [-0.2, -0.15) is 0 Å². The Morgan fingerprint density at radius 3 is 2.85 bits per heavy atom. The number of nitrogens with zero attached hydrogens (tertiary/aromatic N) is 1. The highest BCUT2D eigenvalue weighted by Crippen LogP contribution is 2.23. The van der Waals surface area contributed by atoms with E-state index in [2.05, 4.69) is 56.1 Å². The molecule has 0 saturated carbocycles. The van der Waals surface area contributed by atoms with E-state index in [1.54, 1.807) is 0 Å². The summed E-state index contributed by atoms with van der Waals surface area (Å²) in [5.41, 5.74) is 2.74. The van der Waals surface area contributed by atoms with Crippen LogP contribution >= 0.6 is 0 Å². The van der Waals surface area contributed by atoms with Crippen molar-refractivity contribution in [3.63, 3.8) is 0 Å². The molecule has 1 aromatic rings. The van der Waals surface area contributed by atoms with Gasteiger partial charge < -0.3 is 10.1 Å². The maximum atomic E-state index is 5.91. The van der Waals surface area contributed by atoms with E-state index in [1.165, 1.54) is 11.1 Å². The van der Waals surface area contributed by atoms with Crippen LogP contribution in [-0.4, -0.2) is 43.7 Å². The molecule has 0 spiro atoms. The lowest BCUT2D eigenvalue weighted by Crippen LogP contribution is -2.50. The summed E-state index contributed by atoms with van der Waals surface area (Å²) >= 11 is 0. The first kappa shape index (κ1) is 15.3. The Hall–Kier alpha value is -1.06. The lowest BCUT2D eigenvalue weighted by molar-refractivity contribution is 0.143. The molecule has 0 unspecified atom stereocenters. The van der Waals surface area contributed by atoms with Crippen LogP contribution < -0.4 is 10.1 Å². The number of hydrogen-bond donors (Lipinski definition) is 1. The highest BCUT2D eigenvalue weighted by Gasteiger charge is 2.17. The van der Waals surface area contributed by atoms with Crippen molar-refractivity contribution >= 4 is 0 Å². The first-order valence-corrected chi connectivity index (χ1v) is 7.76. The fourth-order valence-corrected chi connectivity index (χ4v) is 2.88. The molecule has 0 aromatic heterocycles. The van der Waals surface area contributed by atoms with Gasteiger partial charge in [0.25, 0.3) is 0 Å². The van der Waals surface area contributed by atoms with Crippen LogP contribution in [0.15, 0.2) is 18.2 Å². The highest BCUT2D eigenvalue weighted by atomic mass is 16.5. The molecule has 20 heavy (non-hydrogen) atoms. The SMILES string of the molecule is Cc1cc(OCCN2CCNC[C@@H]2C)ccc1C(C)C. The van der Waals surface area contributed by atoms with E-state index in [9.17, 15) is 0 Å². The molecule has 3 nitrogen and oxygen atoms in total. The molecule has 0 aliphatic carbocycles. The van der Waals surface area contributed by atoms with Crippen molar-refractivity contribution in [2.75, 3.05) is 32.8 Å². The molecule has 1 aromatic carbocycles. The van der Waals surface area contributed by atoms with E-state index in [1.807, 2.05) is 0 Å². The van der Waals surface area contributed by atoms with Crippen molar-refractivity contribution in [1.82, 2.24) is 10.2 Å². The fraction of sp³-hybridized carbons (Fsp3) is 0.647. The van der Waals surface area contributed by atoms with Crippen LogP contribution in [0.5, 0.6) is 5.75 Å². The summed E-state index contributed by atoms with van der Waals surface area (Å²) in [6, 6.07) is 7.07. The predicted molar refractivity (Wildman–Crippen MR) is 84.7 cm³/mol. The van der Waals surface area contributed by atoms with Crippen molar-refractivity contribution in [2.45, 2.75) is 39.7 Å². The molecule has 0 amide bonds. The second-order valence-corrected chi connectivity index (χ2v) is 6.11. The molecule has 112 valence electrons. The minimum atomic E-state index is 0.575. The molecule has 1 atom stereocenters. The summed E-state index contributed by atoms with van der Waals surface area (Å²) < 4.78 is 5.91. The quantitative estimate of drug-likeness (QED) is 0.895. The van der Waals surface area contributed by atoms with Gasteiger partial charge in [0.2, 0.25) is 0 Å². The van der Waals surface area contributed by atoms with Gasteiger partial charge in [-0.05, 0) is 43.0 Å². The van der Waals surface area contributed by atoms with Gasteiger partial charge in [-0.25, -0.2) is 0 Å². The van der Waals surface area contributed by atoms with Crippen LogP contribution in [0.25, 0.3) is 0 Å². The lowest BCUT2D eigenvalue weighted by atomic mass is 9.98. The van der Waals surface area contributed by atoms with E-state index in [0.717, 1.165) is 38.5 Å². The smallest absolute Gasteiger partial charge is 0.119 e. The van der Waals surface area contributed by atoms with Crippen molar-refractivity contribution in [2.24, 2.45) is 0 Å². The molecule has 2 rings (SSSR count). The number of benzene rings is 1. The summed E-state index contributed by atoms with van der Waals surface area (Å²) in [6.45, 7) is 14.0. The average molecular weight is 276 g/mol. The number of rotatable bonds is 5. The van der Waals surface area contributed by atoms with Crippen LogP contribution in [0, 0.1) is 6.92 Å². The molecule has 1 heterocycles. The zero-order valence-electron chi connectivity index (χ0n) is 13.3. The molecule has 1 aliphatic heterocycles. The Kier molecular flexibility index (Phi) is 5.44. The van der Waals surface area contributed by atoms with Crippen LogP contribution in [0.3, 0.4) is 0 Å². The van der Waals surface area contributed by atoms with Gasteiger partial charge in [0.05, 0.1) is 0 Å². The van der Waals surface area contributed by atoms with Crippen molar-refractivity contribution in [3.8, 4) is 5.75 Å². The van der Waals surface area contributed by atoms with Crippen LogP contribution in [0.4, 0.5) is 0 Å². The van der Waals surface area contributed by atoms with E-state index >= 15 is 0 Å². The maximum Gasteiger partial charge on any atom is 0.119 e. The third-order valence-electron chi connectivity index (χ3n) is 4.15. The molecule has 0 radical (unpaired) electrons. The molecule has 1 aliphatic rings. The third-order valence-corrected chi connectivity index (χ3v) is 4.15. The van der Waals surface area contributed by atoms with Gasteiger partial charge in [0, 0.05) is 32.2 Å². The largest absolute Gasteiger partial charge is 0.492 e. The first-order chi connectivity index (χ1) is 9.58. The Morgan fingerprint density at radius 2 is 2.20 bits per heavy atom. The number of nitrogens with one attached hydrogen (secondary N) is 1. The zero-order chi connectivity index (χ0) is 14.5. The molecular formula is C17H28N2O. The number of hydrogen-bond acceptors (Lipinski definition) is 3. The van der Waals surface area contributed by atoms with Gasteiger partial charge in [0.15, 0.2) is 0 Å². The van der Waals surface area contributed by atoms with E-state index in [4.69, 9.17) is 4.74 Å². The molecular weight excluding hydrogens is 248 g/mol. The first-order valence-electron chi connectivity index (χ1n) is 7.76. The topological polar surface area (TPSA) is 24.5 Å². The third kappa shape index (κ3) is 3.97. The second kappa shape index (κ2) is 7.09. The van der Waals surface area contributed by atoms with Gasteiger partial charge in [-0.3, -0.25) is 4.90 Å².